The van der Waals surface area contributed by atoms with Gasteiger partial charge >= 0.3 is 0 Å². The van der Waals surface area contributed by atoms with Crippen LogP contribution in [0.25, 0.3) is 0 Å². The van der Waals surface area contributed by atoms with Crippen LogP contribution in [-0.4, -0.2) is 29.6 Å². The third kappa shape index (κ3) is 8.17. The smallest absolute Gasteiger partial charge is 0.0916 e. The number of unbranched alkanes of at least 4 members (excludes halogenated alkanes) is 4. The molecule has 3 heteroatoms. The lowest BCUT2D eigenvalue weighted by molar-refractivity contribution is 0.110. The highest BCUT2D eigenvalue weighted by Crippen LogP contribution is 2.17. The lowest BCUT2D eigenvalue weighted by Crippen LogP contribution is -2.30. The molecule has 0 aromatic heterocycles. The summed E-state index contributed by atoms with van der Waals surface area (Å²) in [5.74, 6) is 0. The summed E-state index contributed by atoms with van der Waals surface area (Å²) in [5.41, 5.74) is 1.03. The normalized spacial score (nSPS) is 12.8. The van der Waals surface area contributed by atoms with Gasteiger partial charge in [0.05, 0.1) is 6.10 Å². The Balaban J connectivity index is 2.49. The highest BCUT2D eigenvalue weighted by atomic mass is 127. The number of benzene rings is 1. The first-order chi connectivity index (χ1) is 10.2. The lowest BCUT2D eigenvalue weighted by Gasteiger charge is -2.25. The van der Waals surface area contributed by atoms with E-state index >= 15 is 0 Å². The van der Waals surface area contributed by atoms with Gasteiger partial charge in [-0.1, -0.05) is 51.7 Å². The molecule has 0 aliphatic heterocycles. The summed E-state index contributed by atoms with van der Waals surface area (Å²) in [6.45, 7) is 7.45. The summed E-state index contributed by atoms with van der Waals surface area (Å²) in [4.78, 5) is 2.44. The van der Waals surface area contributed by atoms with Gasteiger partial charge in [0.1, 0.15) is 0 Å². The van der Waals surface area contributed by atoms with Crippen molar-refractivity contribution in [1.29, 1.82) is 0 Å². The van der Waals surface area contributed by atoms with Crippen LogP contribution in [0.3, 0.4) is 0 Å². The average Bonchev–Trinajstić information content (AvgIpc) is 2.48. The molecular weight excluding hydrogens is 373 g/mol. The van der Waals surface area contributed by atoms with Gasteiger partial charge in [-0.05, 0) is 66.2 Å². The second-order valence-corrected chi connectivity index (χ2v) is 7.03. The van der Waals surface area contributed by atoms with Crippen LogP contribution in [-0.2, 0) is 0 Å². The van der Waals surface area contributed by atoms with Crippen molar-refractivity contribution in [2.24, 2.45) is 0 Å². The summed E-state index contributed by atoms with van der Waals surface area (Å²) < 4.78 is 1.21. The Labute approximate surface area is 144 Å². The van der Waals surface area contributed by atoms with Crippen molar-refractivity contribution in [2.75, 3.05) is 19.6 Å². The Morgan fingerprint density at radius 3 is 1.95 bits per heavy atom. The predicted octanol–water partition coefficient (Wildman–Crippen LogP) is 5.01. The maximum absolute atomic E-state index is 10.5. The van der Waals surface area contributed by atoms with E-state index in [1.165, 1.54) is 42.1 Å². The van der Waals surface area contributed by atoms with Crippen LogP contribution >= 0.6 is 22.6 Å². The van der Waals surface area contributed by atoms with Gasteiger partial charge in [0.15, 0.2) is 0 Å². The molecule has 1 N–H and O–H groups in total. The highest BCUT2D eigenvalue weighted by molar-refractivity contribution is 14.1. The van der Waals surface area contributed by atoms with E-state index < -0.39 is 0 Å². The summed E-state index contributed by atoms with van der Waals surface area (Å²) >= 11 is 2.30. The van der Waals surface area contributed by atoms with Crippen molar-refractivity contribution in [2.45, 2.75) is 58.5 Å². The molecule has 0 heterocycles. The first-order valence-electron chi connectivity index (χ1n) is 8.33. The molecule has 0 saturated heterocycles. The zero-order valence-corrected chi connectivity index (χ0v) is 15.7. The fourth-order valence-corrected chi connectivity index (χ4v) is 2.86. The molecule has 1 rings (SSSR count). The maximum atomic E-state index is 10.5. The van der Waals surface area contributed by atoms with E-state index in [9.17, 15) is 5.11 Å². The second kappa shape index (κ2) is 11.4. The summed E-state index contributed by atoms with van der Waals surface area (Å²) in [6.07, 6.45) is 7.17. The Bertz CT molecular complexity index is 356. The summed E-state index contributed by atoms with van der Waals surface area (Å²) in [6, 6.07) is 8.22. The molecule has 0 fully saturated rings. The molecule has 0 bridgehead atoms. The molecule has 0 saturated carbocycles. The minimum atomic E-state index is -0.370. The standard InChI is InChI=1S/C18H30INO/c1-3-5-7-13-20(14-8-6-4-2)15-18(21)16-9-11-17(19)12-10-16/h9-12,18,21H,3-8,13-15H2,1-2H3. The molecule has 1 aromatic rings. The van der Waals surface area contributed by atoms with E-state index in [4.69, 9.17) is 0 Å². The van der Waals surface area contributed by atoms with Gasteiger partial charge in [-0.3, -0.25) is 0 Å². The second-order valence-electron chi connectivity index (χ2n) is 5.78. The SMILES string of the molecule is CCCCCN(CCCCC)CC(O)c1ccc(I)cc1. The van der Waals surface area contributed by atoms with E-state index in [-0.39, 0.29) is 6.10 Å². The van der Waals surface area contributed by atoms with E-state index in [2.05, 4.69) is 53.5 Å². The maximum Gasteiger partial charge on any atom is 0.0916 e. The third-order valence-corrected chi connectivity index (χ3v) is 4.56. The van der Waals surface area contributed by atoms with Crippen LogP contribution in [0.15, 0.2) is 24.3 Å². The van der Waals surface area contributed by atoms with Gasteiger partial charge in [0.25, 0.3) is 0 Å². The zero-order chi connectivity index (χ0) is 15.5. The minimum absolute atomic E-state index is 0.370. The van der Waals surface area contributed by atoms with Crippen LogP contribution in [0.4, 0.5) is 0 Å². The fourth-order valence-electron chi connectivity index (χ4n) is 2.50. The molecule has 0 aliphatic carbocycles. The number of rotatable bonds is 11. The van der Waals surface area contributed by atoms with Crippen LogP contribution in [0, 0.1) is 3.57 Å². The molecule has 1 unspecified atom stereocenters. The number of hydrogen-bond donors (Lipinski definition) is 1. The van der Waals surface area contributed by atoms with Crippen molar-refractivity contribution in [3.05, 3.63) is 33.4 Å². The van der Waals surface area contributed by atoms with Crippen LogP contribution < -0.4 is 0 Å². The first-order valence-corrected chi connectivity index (χ1v) is 9.41. The molecule has 2 nitrogen and oxygen atoms in total. The number of halogens is 1. The summed E-state index contributed by atoms with van der Waals surface area (Å²) in [7, 11) is 0. The number of hydrogen-bond acceptors (Lipinski definition) is 2. The molecule has 120 valence electrons. The number of nitrogens with zero attached hydrogens (tertiary/aromatic N) is 1. The van der Waals surface area contributed by atoms with Gasteiger partial charge in [-0.2, -0.15) is 0 Å². The van der Waals surface area contributed by atoms with E-state index in [0.29, 0.717) is 0 Å². The van der Waals surface area contributed by atoms with Gasteiger partial charge in [-0.25, -0.2) is 0 Å². The van der Waals surface area contributed by atoms with Crippen molar-refractivity contribution >= 4 is 22.6 Å². The van der Waals surface area contributed by atoms with Crippen molar-refractivity contribution in [3.63, 3.8) is 0 Å². The largest absolute Gasteiger partial charge is 0.387 e. The quantitative estimate of drug-likeness (QED) is 0.415. The zero-order valence-electron chi connectivity index (χ0n) is 13.5. The molecule has 21 heavy (non-hydrogen) atoms. The van der Waals surface area contributed by atoms with E-state index in [1.54, 1.807) is 0 Å². The number of aliphatic hydroxyl groups is 1. The average molecular weight is 403 g/mol. The molecule has 0 spiro atoms. The lowest BCUT2D eigenvalue weighted by atomic mass is 10.1. The third-order valence-electron chi connectivity index (χ3n) is 3.84. The highest BCUT2D eigenvalue weighted by Gasteiger charge is 2.13. The van der Waals surface area contributed by atoms with Gasteiger partial charge < -0.3 is 10.0 Å². The predicted molar refractivity (Wildman–Crippen MR) is 99.6 cm³/mol. The van der Waals surface area contributed by atoms with Gasteiger partial charge in [-0.15, -0.1) is 0 Å². The molecule has 0 aliphatic rings. The van der Waals surface area contributed by atoms with Crippen LogP contribution in [0.2, 0.25) is 0 Å². The molecule has 0 amide bonds. The van der Waals surface area contributed by atoms with Crippen molar-refractivity contribution in [1.82, 2.24) is 4.90 Å². The Hall–Kier alpha value is -0.130. The molecule has 1 atom stereocenters. The minimum Gasteiger partial charge on any atom is -0.387 e. The Morgan fingerprint density at radius 2 is 1.48 bits per heavy atom. The topological polar surface area (TPSA) is 23.5 Å². The monoisotopic (exact) mass is 403 g/mol. The Kier molecular flexibility index (Phi) is 10.3. The molecule has 1 aromatic carbocycles. The van der Waals surface area contributed by atoms with E-state index in [0.717, 1.165) is 25.2 Å². The molecule has 0 radical (unpaired) electrons. The van der Waals surface area contributed by atoms with Crippen LogP contribution in [0.5, 0.6) is 0 Å². The van der Waals surface area contributed by atoms with Gasteiger partial charge in [0, 0.05) is 10.1 Å². The Morgan fingerprint density at radius 1 is 0.952 bits per heavy atom. The molecular formula is C18H30INO. The first kappa shape index (κ1) is 18.9. The van der Waals surface area contributed by atoms with E-state index in [1.807, 2.05) is 12.1 Å². The summed E-state index contributed by atoms with van der Waals surface area (Å²) in [5, 5.41) is 10.5. The number of aliphatic hydroxyl groups excluding tert-OH is 1. The van der Waals surface area contributed by atoms with Gasteiger partial charge in [0.2, 0.25) is 0 Å². The van der Waals surface area contributed by atoms with Crippen molar-refractivity contribution in [3.8, 4) is 0 Å². The van der Waals surface area contributed by atoms with Crippen molar-refractivity contribution < 1.29 is 5.11 Å². The fraction of sp³-hybridized carbons (Fsp3) is 0.667. The van der Waals surface area contributed by atoms with Crippen LogP contribution in [0.1, 0.15) is 64.0 Å².